The standard InChI is InChI=1S/C24H19N7O2/c1-28-19-10-6-7-11-20(19)29(2)23(28)17(12-25)21(32)14-30-15-26-22-18(24(30)33)13-27-31(22)16-8-4-3-5-9-16/h3-11,13,15H,14H2,1-2H3. The number of carbonyl (C=O) groups is 1. The van der Waals surface area contributed by atoms with Gasteiger partial charge < -0.3 is 9.80 Å². The van der Waals surface area contributed by atoms with Crippen LogP contribution in [0.2, 0.25) is 0 Å². The van der Waals surface area contributed by atoms with Crippen molar-refractivity contribution in [3.05, 3.63) is 88.9 Å². The topological polar surface area (TPSA) is 100 Å². The minimum Gasteiger partial charge on any atom is -0.328 e. The maximum absolute atomic E-state index is 13.1. The number of Topliss-reactive ketones (excluding diaryl/α,β-unsaturated/α-hetero) is 1. The molecule has 2 aromatic heterocycles. The first-order chi connectivity index (χ1) is 16.0. The summed E-state index contributed by atoms with van der Waals surface area (Å²) < 4.78 is 2.78. The largest absolute Gasteiger partial charge is 0.328 e. The van der Waals surface area contributed by atoms with Gasteiger partial charge in [0.2, 0.25) is 0 Å². The molecule has 1 aliphatic heterocycles. The molecule has 0 saturated carbocycles. The van der Waals surface area contributed by atoms with Gasteiger partial charge in [-0.2, -0.15) is 10.4 Å². The lowest BCUT2D eigenvalue weighted by Gasteiger charge is -2.20. The Morgan fingerprint density at radius 1 is 1.00 bits per heavy atom. The third-order valence-electron chi connectivity index (χ3n) is 5.72. The molecule has 4 aromatic rings. The van der Waals surface area contributed by atoms with Crippen LogP contribution in [-0.2, 0) is 11.3 Å². The number of anilines is 2. The first-order valence-corrected chi connectivity index (χ1v) is 10.2. The van der Waals surface area contributed by atoms with Gasteiger partial charge in [0.1, 0.15) is 29.2 Å². The van der Waals surface area contributed by atoms with Gasteiger partial charge in [0.05, 0.1) is 29.8 Å². The highest BCUT2D eigenvalue weighted by Crippen LogP contribution is 2.40. The molecule has 0 unspecified atom stereocenters. The molecule has 0 amide bonds. The molecule has 5 rings (SSSR count). The molecule has 9 heteroatoms. The Balaban J connectivity index is 1.51. The number of fused-ring (bicyclic) bond motifs is 2. The second-order valence-corrected chi connectivity index (χ2v) is 7.65. The van der Waals surface area contributed by atoms with Gasteiger partial charge in [-0.3, -0.25) is 14.2 Å². The Morgan fingerprint density at radius 3 is 2.27 bits per heavy atom. The van der Waals surface area contributed by atoms with Crippen LogP contribution in [0, 0.1) is 11.3 Å². The van der Waals surface area contributed by atoms with Crippen LogP contribution in [0.1, 0.15) is 0 Å². The SMILES string of the molecule is CN1C(=C(C#N)C(=O)Cn2cnc3c(cnn3-c3ccccc3)c2=O)N(C)c2ccccc21. The van der Waals surface area contributed by atoms with E-state index in [9.17, 15) is 14.9 Å². The van der Waals surface area contributed by atoms with E-state index >= 15 is 0 Å². The predicted molar refractivity (Wildman–Crippen MR) is 124 cm³/mol. The fourth-order valence-electron chi connectivity index (χ4n) is 4.11. The zero-order chi connectivity index (χ0) is 23.1. The molecule has 0 fully saturated rings. The van der Waals surface area contributed by atoms with E-state index in [4.69, 9.17) is 0 Å². The average molecular weight is 437 g/mol. The summed E-state index contributed by atoms with van der Waals surface area (Å²) in [6, 6.07) is 19.0. The minimum atomic E-state index is -0.474. The predicted octanol–water partition coefficient (Wildman–Crippen LogP) is 2.47. The summed E-state index contributed by atoms with van der Waals surface area (Å²) in [5.74, 6) is 0.000362. The molecule has 0 atom stereocenters. The van der Waals surface area contributed by atoms with E-state index in [1.165, 1.54) is 17.1 Å². The number of para-hydroxylation sites is 3. The minimum absolute atomic E-state index is 0.0248. The summed E-state index contributed by atoms with van der Waals surface area (Å²) >= 11 is 0. The summed E-state index contributed by atoms with van der Waals surface area (Å²) in [6.07, 6.45) is 2.76. The van der Waals surface area contributed by atoms with E-state index in [0.717, 1.165) is 17.1 Å². The number of allylic oxidation sites excluding steroid dienone is 1. The molecule has 3 heterocycles. The van der Waals surface area contributed by atoms with Crippen LogP contribution in [0.25, 0.3) is 16.7 Å². The lowest BCUT2D eigenvalue weighted by Crippen LogP contribution is -2.30. The van der Waals surface area contributed by atoms with E-state index in [-0.39, 0.29) is 12.1 Å². The van der Waals surface area contributed by atoms with Crippen LogP contribution in [0.15, 0.2) is 83.3 Å². The molecule has 9 nitrogen and oxygen atoms in total. The monoisotopic (exact) mass is 437 g/mol. The van der Waals surface area contributed by atoms with E-state index in [1.807, 2.05) is 60.7 Å². The number of rotatable bonds is 4. The second-order valence-electron chi connectivity index (χ2n) is 7.65. The van der Waals surface area contributed by atoms with Crippen LogP contribution in [0.4, 0.5) is 11.4 Å². The average Bonchev–Trinajstić information content (AvgIpc) is 3.38. The first kappa shape index (κ1) is 20.2. The van der Waals surface area contributed by atoms with Gasteiger partial charge in [0, 0.05) is 14.1 Å². The van der Waals surface area contributed by atoms with Crippen LogP contribution >= 0.6 is 0 Å². The van der Waals surface area contributed by atoms with Gasteiger partial charge in [-0.1, -0.05) is 30.3 Å². The van der Waals surface area contributed by atoms with Crippen molar-refractivity contribution in [2.75, 3.05) is 23.9 Å². The highest BCUT2D eigenvalue weighted by molar-refractivity contribution is 6.02. The number of nitrogens with zero attached hydrogens (tertiary/aromatic N) is 7. The number of aromatic nitrogens is 4. The molecule has 33 heavy (non-hydrogen) atoms. The maximum atomic E-state index is 13.1. The van der Waals surface area contributed by atoms with E-state index < -0.39 is 11.3 Å². The van der Waals surface area contributed by atoms with Crippen molar-refractivity contribution in [1.29, 1.82) is 5.26 Å². The number of hydrogen-bond acceptors (Lipinski definition) is 7. The summed E-state index contributed by atoms with van der Waals surface area (Å²) in [7, 11) is 3.61. The molecule has 0 spiro atoms. The van der Waals surface area contributed by atoms with Crippen molar-refractivity contribution in [2.24, 2.45) is 0 Å². The third-order valence-corrected chi connectivity index (χ3v) is 5.72. The van der Waals surface area contributed by atoms with Gasteiger partial charge in [-0.15, -0.1) is 0 Å². The van der Waals surface area contributed by atoms with Crippen LogP contribution in [0.3, 0.4) is 0 Å². The van der Waals surface area contributed by atoms with Crippen molar-refractivity contribution in [3.63, 3.8) is 0 Å². The van der Waals surface area contributed by atoms with Crippen molar-refractivity contribution in [3.8, 4) is 11.8 Å². The lowest BCUT2D eigenvalue weighted by atomic mass is 10.1. The van der Waals surface area contributed by atoms with Crippen molar-refractivity contribution >= 4 is 28.2 Å². The van der Waals surface area contributed by atoms with Crippen molar-refractivity contribution < 1.29 is 4.79 Å². The molecule has 0 radical (unpaired) electrons. The first-order valence-electron chi connectivity index (χ1n) is 10.2. The fraction of sp³-hybridized carbons (Fsp3) is 0.125. The van der Waals surface area contributed by atoms with Crippen LogP contribution < -0.4 is 15.4 Å². The zero-order valence-corrected chi connectivity index (χ0v) is 18.0. The molecule has 1 aliphatic rings. The number of benzene rings is 2. The number of hydrogen-bond donors (Lipinski definition) is 0. The molecular weight excluding hydrogens is 418 g/mol. The number of carbonyl (C=O) groups excluding carboxylic acids is 1. The smallest absolute Gasteiger partial charge is 0.264 e. The Hall–Kier alpha value is -4.71. The van der Waals surface area contributed by atoms with Crippen molar-refractivity contribution in [2.45, 2.75) is 6.54 Å². The lowest BCUT2D eigenvalue weighted by molar-refractivity contribution is -0.115. The Morgan fingerprint density at radius 2 is 1.64 bits per heavy atom. The quantitative estimate of drug-likeness (QED) is 0.357. The Labute approximate surface area is 189 Å². The summed E-state index contributed by atoms with van der Waals surface area (Å²) in [4.78, 5) is 34.2. The van der Waals surface area contributed by atoms with Gasteiger partial charge in [-0.05, 0) is 24.3 Å². The molecular formula is C24H19N7O2. The summed E-state index contributed by atoms with van der Waals surface area (Å²) in [5.41, 5.74) is 2.54. The molecule has 0 bridgehead atoms. The normalized spacial score (nSPS) is 12.7. The molecule has 0 N–H and O–H groups in total. The molecule has 162 valence electrons. The highest BCUT2D eigenvalue weighted by Gasteiger charge is 2.31. The van der Waals surface area contributed by atoms with E-state index in [2.05, 4.69) is 10.1 Å². The van der Waals surface area contributed by atoms with E-state index in [1.54, 1.807) is 28.6 Å². The van der Waals surface area contributed by atoms with Crippen LogP contribution in [-0.4, -0.2) is 39.2 Å². The van der Waals surface area contributed by atoms with Crippen molar-refractivity contribution in [1.82, 2.24) is 19.3 Å². The van der Waals surface area contributed by atoms with Gasteiger partial charge >= 0.3 is 0 Å². The zero-order valence-electron chi connectivity index (χ0n) is 18.0. The molecule has 0 aliphatic carbocycles. The van der Waals surface area contributed by atoms with Gasteiger partial charge in [0.25, 0.3) is 5.56 Å². The fourth-order valence-corrected chi connectivity index (χ4v) is 4.11. The van der Waals surface area contributed by atoms with Gasteiger partial charge in [0.15, 0.2) is 11.4 Å². The van der Waals surface area contributed by atoms with E-state index in [0.29, 0.717) is 16.9 Å². The maximum Gasteiger partial charge on any atom is 0.264 e. The van der Waals surface area contributed by atoms with Gasteiger partial charge in [-0.25, -0.2) is 9.67 Å². The summed E-state index contributed by atoms with van der Waals surface area (Å²) in [5, 5.41) is 14.4. The molecule has 0 saturated heterocycles. The number of ketones is 1. The summed E-state index contributed by atoms with van der Waals surface area (Å²) in [6.45, 7) is -0.303. The Kier molecular flexibility index (Phi) is 4.75. The van der Waals surface area contributed by atoms with Crippen LogP contribution in [0.5, 0.6) is 0 Å². The third kappa shape index (κ3) is 3.16. The number of nitriles is 1. The second kappa shape index (κ2) is 7.76. The Bertz CT molecular complexity index is 1490. The molecule has 2 aromatic carbocycles. The highest BCUT2D eigenvalue weighted by atomic mass is 16.1.